The minimum atomic E-state index is 0.713. The van der Waals surface area contributed by atoms with Crippen LogP contribution in [0.25, 0.3) is 0 Å². The van der Waals surface area contributed by atoms with E-state index in [1.54, 1.807) is 0 Å². The van der Waals surface area contributed by atoms with Gasteiger partial charge in [-0.15, -0.1) is 0 Å². The van der Waals surface area contributed by atoms with Gasteiger partial charge in [0, 0.05) is 0 Å². The van der Waals surface area contributed by atoms with Gasteiger partial charge >= 0.3 is 0 Å². The third-order valence-electron chi connectivity index (χ3n) is 5.31. The SMILES string of the molecule is CCCCCCCC(C)c1ccc(C(C)CCCCCC)cc1. The minimum Gasteiger partial charge on any atom is -0.0654 e. The van der Waals surface area contributed by atoms with E-state index in [1.807, 2.05) is 0 Å². The van der Waals surface area contributed by atoms with Crippen LogP contribution in [0.3, 0.4) is 0 Å². The van der Waals surface area contributed by atoms with Crippen LogP contribution >= 0.6 is 0 Å². The van der Waals surface area contributed by atoms with Crippen molar-refractivity contribution >= 4 is 0 Å². The first-order valence-corrected chi connectivity index (χ1v) is 10.3. The van der Waals surface area contributed by atoms with Crippen molar-refractivity contribution in [3.63, 3.8) is 0 Å². The first-order chi connectivity index (χ1) is 11.2. The lowest BCUT2D eigenvalue weighted by Crippen LogP contribution is -1.97. The Morgan fingerprint density at radius 1 is 0.565 bits per heavy atom. The number of rotatable bonds is 13. The topological polar surface area (TPSA) is 0 Å². The summed E-state index contributed by atoms with van der Waals surface area (Å²) in [6.45, 7) is 9.35. The number of benzene rings is 1. The molecule has 0 radical (unpaired) electrons. The van der Waals surface area contributed by atoms with Crippen molar-refractivity contribution in [2.45, 2.75) is 110 Å². The largest absolute Gasteiger partial charge is 0.0654 e. The fourth-order valence-electron chi connectivity index (χ4n) is 3.42. The van der Waals surface area contributed by atoms with Gasteiger partial charge in [-0.25, -0.2) is 0 Å². The van der Waals surface area contributed by atoms with Crippen LogP contribution in [-0.2, 0) is 0 Å². The molecule has 0 heterocycles. The summed E-state index contributed by atoms with van der Waals surface area (Å²) in [7, 11) is 0. The molecule has 2 unspecified atom stereocenters. The van der Waals surface area contributed by atoms with Crippen LogP contribution in [0.4, 0.5) is 0 Å². The van der Waals surface area contributed by atoms with Crippen LogP contribution in [0.2, 0.25) is 0 Å². The van der Waals surface area contributed by atoms with Gasteiger partial charge in [0.25, 0.3) is 0 Å². The molecule has 2 atom stereocenters. The summed E-state index contributed by atoms with van der Waals surface area (Å²) in [5.41, 5.74) is 3.06. The molecule has 0 aliphatic carbocycles. The molecule has 0 saturated heterocycles. The van der Waals surface area contributed by atoms with Gasteiger partial charge in [0.2, 0.25) is 0 Å². The van der Waals surface area contributed by atoms with Crippen molar-refractivity contribution in [1.29, 1.82) is 0 Å². The highest BCUT2D eigenvalue weighted by Gasteiger charge is 2.08. The maximum Gasteiger partial charge on any atom is -0.0190 e. The predicted octanol–water partition coefficient (Wildman–Crippen LogP) is 8.22. The Morgan fingerprint density at radius 2 is 0.913 bits per heavy atom. The molecule has 1 rings (SSSR count). The van der Waals surface area contributed by atoms with Gasteiger partial charge < -0.3 is 0 Å². The molecule has 1 aromatic carbocycles. The van der Waals surface area contributed by atoms with E-state index in [9.17, 15) is 0 Å². The predicted molar refractivity (Wildman–Crippen MR) is 105 cm³/mol. The van der Waals surface area contributed by atoms with E-state index in [-0.39, 0.29) is 0 Å². The minimum absolute atomic E-state index is 0.713. The highest BCUT2D eigenvalue weighted by atomic mass is 14.1. The second kappa shape index (κ2) is 12.6. The van der Waals surface area contributed by atoms with Gasteiger partial charge in [-0.1, -0.05) is 110 Å². The van der Waals surface area contributed by atoms with Gasteiger partial charge in [0.15, 0.2) is 0 Å². The Bertz CT molecular complexity index is 376. The lowest BCUT2D eigenvalue weighted by atomic mass is 9.90. The summed E-state index contributed by atoms with van der Waals surface area (Å²) >= 11 is 0. The average Bonchev–Trinajstić information content (AvgIpc) is 2.58. The fraction of sp³-hybridized carbons (Fsp3) is 0.739. The van der Waals surface area contributed by atoms with E-state index in [2.05, 4.69) is 52.0 Å². The maximum absolute atomic E-state index is 2.39. The summed E-state index contributed by atoms with van der Waals surface area (Å²) in [6, 6.07) is 9.53. The van der Waals surface area contributed by atoms with Crippen molar-refractivity contribution in [3.8, 4) is 0 Å². The van der Waals surface area contributed by atoms with E-state index in [0.717, 1.165) is 0 Å². The van der Waals surface area contributed by atoms with Crippen molar-refractivity contribution in [3.05, 3.63) is 35.4 Å². The Morgan fingerprint density at radius 3 is 1.30 bits per heavy atom. The molecule has 0 aliphatic heterocycles. The normalized spacial score (nSPS) is 13.9. The molecule has 0 fully saturated rings. The Kier molecular flexibility index (Phi) is 11.1. The Balaban J connectivity index is 2.33. The van der Waals surface area contributed by atoms with Crippen molar-refractivity contribution in [2.75, 3.05) is 0 Å². The summed E-state index contributed by atoms with van der Waals surface area (Å²) in [5, 5.41) is 0. The lowest BCUT2D eigenvalue weighted by molar-refractivity contribution is 0.565. The lowest BCUT2D eigenvalue weighted by Gasteiger charge is -2.15. The molecular weight excluding hydrogens is 276 g/mol. The van der Waals surface area contributed by atoms with Gasteiger partial charge in [0.05, 0.1) is 0 Å². The van der Waals surface area contributed by atoms with Gasteiger partial charge in [-0.05, 0) is 35.8 Å². The van der Waals surface area contributed by atoms with E-state index in [4.69, 9.17) is 0 Å². The molecule has 0 aromatic heterocycles. The highest BCUT2D eigenvalue weighted by molar-refractivity contribution is 5.27. The van der Waals surface area contributed by atoms with E-state index in [0.29, 0.717) is 11.8 Å². The van der Waals surface area contributed by atoms with E-state index in [1.165, 1.54) is 81.8 Å². The number of hydrogen-bond donors (Lipinski definition) is 0. The second-order valence-corrected chi connectivity index (χ2v) is 7.52. The quantitative estimate of drug-likeness (QED) is 0.321. The van der Waals surface area contributed by atoms with Gasteiger partial charge in [-0.2, -0.15) is 0 Å². The number of unbranched alkanes of at least 4 members (excludes halogenated alkanes) is 7. The van der Waals surface area contributed by atoms with E-state index >= 15 is 0 Å². The first kappa shape index (κ1) is 20.3. The standard InChI is InChI=1S/C23H40/c1-5-7-9-11-13-15-21(4)23-18-16-22(17-19-23)20(3)14-12-10-8-6-2/h16-21H,5-15H2,1-4H3. The van der Waals surface area contributed by atoms with Gasteiger partial charge in [0.1, 0.15) is 0 Å². The molecular formula is C23H40. The molecule has 132 valence electrons. The zero-order chi connectivity index (χ0) is 16.9. The monoisotopic (exact) mass is 316 g/mol. The van der Waals surface area contributed by atoms with E-state index < -0.39 is 0 Å². The molecule has 0 N–H and O–H groups in total. The third-order valence-corrected chi connectivity index (χ3v) is 5.31. The molecule has 0 spiro atoms. The van der Waals surface area contributed by atoms with Crippen molar-refractivity contribution in [2.24, 2.45) is 0 Å². The Hall–Kier alpha value is -0.780. The van der Waals surface area contributed by atoms with Crippen LogP contribution in [0.5, 0.6) is 0 Å². The zero-order valence-corrected chi connectivity index (χ0v) is 16.2. The molecule has 0 saturated carbocycles. The molecule has 0 nitrogen and oxygen atoms in total. The summed E-state index contributed by atoms with van der Waals surface area (Å²) in [5.74, 6) is 1.43. The maximum atomic E-state index is 2.39. The van der Waals surface area contributed by atoms with Crippen LogP contribution in [0.15, 0.2) is 24.3 Å². The average molecular weight is 317 g/mol. The summed E-state index contributed by atoms with van der Waals surface area (Å²) < 4.78 is 0. The zero-order valence-electron chi connectivity index (χ0n) is 16.2. The van der Waals surface area contributed by atoms with Crippen molar-refractivity contribution < 1.29 is 0 Å². The van der Waals surface area contributed by atoms with Gasteiger partial charge in [-0.3, -0.25) is 0 Å². The smallest absolute Gasteiger partial charge is 0.0190 e. The summed E-state index contributed by atoms with van der Waals surface area (Å²) in [6.07, 6.45) is 15.1. The fourth-order valence-corrected chi connectivity index (χ4v) is 3.42. The van der Waals surface area contributed by atoms with Crippen LogP contribution in [0, 0.1) is 0 Å². The first-order valence-electron chi connectivity index (χ1n) is 10.3. The molecule has 0 bridgehead atoms. The molecule has 0 amide bonds. The molecule has 23 heavy (non-hydrogen) atoms. The number of hydrogen-bond acceptors (Lipinski definition) is 0. The second-order valence-electron chi connectivity index (χ2n) is 7.52. The third kappa shape index (κ3) is 8.58. The van der Waals surface area contributed by atoms with Crippen LogP contribution in [-0.4, -0.2) is 0 Å². The molecule has 0 aliphatic rings. The summed E-state index contributed by atoms with van der Waals surface area (Å²) in [4.78, 5) is 0. The highest BCUT2D eigenvalue weighted by Crippen LogP contribution is 2.26. The van der Waals surface area contributed by atoms with Crippen LogP contribution in [0.1, 0.15) is 121 Å². The van der Waals surface area contributed by atoms with Crippen molar-refractivity contribution in [1.82, 2.24) is 0 Å². The Labute approximate surface area is 146 Å². The van der Waals surface area contributed by atoms with Crippen LogP contribution < -0.4 is 0 Å². The molecule has 1 aromatic rings. The molecule has 0 heteroatoms.